The molecule has 7 heteroatoms. The molecule has 1 aliphatic rings. The summed E-state index contributed by atoms with van der Waals surface area (Å²) >= 11 is 1.75. The first-order valence-electron chi connectivity index (χ1n) is 6.12. The zero-order valence-corrected chi connectivity index (χ0v) is 12.6. The molecule has 0 spiro atoms. The zero-order valence-electron chi connectivity index (χ0n) is 10.9. The van der Waals surface area contributed by atoms with Crippen molar-refractivity contribution in [3.8, 4) is 0 Å². The van der Waals surface area contributed by atoms with Crippen LogP contribution in [-0.2, 0) is 14.6 Å². The standard InChI is InChI=1S/C11H22N2O3S2/c1-9(7-17-2)6-13-11(14)5-10-8-18(15,16)4-3-12-10/h9-10,12H,3-8H2,1-2H3,(H,13,14). The minimum absolute atomic E-state index is 0.0702. The number of rotatable bonds is 6. The second-order valence-corrected chi connectivity index (χ2v) is 7.97. The Hall–Kier alpha value is -0.270. The lowest BCUT2D eigenvalue weighted by atomic mass is 10.2. The Morgan fingerprint density at radius 2 is 2.28 bits per heavy atom. The SMILES string of the molecule is CSCC(C)CNC(=O)CC1CS(=O)(=O)CCN1. The van der Waals surface area contributed by atoms with Crippen molar-refractivity contribution in [2.45, 2.75) is 19.4 Å². The van der Waals surface area contributed by atoms with Gasteiger partial charge in [0.25, 0.3) is 0 Å². The van der Waals surface area contributed by atoms with Gasteiger partial charge in [0, 0.05) is 25.6 Å². The molecule has 18 heavy (non-hydrogen) atoms. The van der Waals surface area contributed by atoms with Crippen molar-refractivity contribution in [2.24, 2.45) is 5.92 Å². The number of thioether (sulfide) groups is 1. The number of carbonyl (C=O) groups excluding carboxylic acids is 1. The number of sulfone groups is 1. The average molecular weight is 294 g/mol. The first-order chi connectivity index (χ1) is 8.43. The molecule has 0 aromatic carbocycles. The monoisotopic (exact) mass is 294 g/mol. The topological polar surface area (TPSA) is 75.3 Å². The van der Waals surface area contributed by atoms with Crippen molar-refractivity contribution in [3.05, 3.63) is 0 Å². The van der Waals surface area contributed by atoms with Gasteiger partial charge in [-0.1, -0.05) is 6.92 Å². The molecule has 2 N–H and O–H groups in total. The number of hydrogen-bond acceptors (Lipinski definition) is 5. The number of amides is 1. The van der Waals surface area contributed by atoms with Crippen LogP contribution in [-0.4, -0.2) is 57.0 Å². The van der Waals surface area contributed by atoms with E-state index in [1.807, 2.05) is 6.26 Å². The molecule has 2 atom stereocenters. The molecular weight excluding hydrogens is 272 g/mol. The van der Waals surface area contributed by atoms with Gasteiger partial charge >= 0.3 is 0 Å². The van der Waals surface area contributed by atoms with E-state index < -0.39 is 9.84 Å². The van der Waals surface area contributed by atoms with Crippen LogP contribution < -0.4 is 10.6 Å². The number of carbonyl (C=O) groups is 1. The summed E-state index contributed by atoms with van der Waals surface area (Å²) in [7, 11) is -2.96. The largest absolute Gasteiger partial charge is 0.356 e. The molecule has 1 rings (SSSR count). The normalized spacial score (nSPS) is 24.4. The summed E-state index contributed by atoms with van der Waals surface area (Å²) < 4.78 is 22.8. The third-order valence-electron chi connectivity index (χ3n) is 2.83. The summed E-state index contributed by atoms with van der Waals surface area (Å²) in [6.45, 7) is 3.18. The van der Waals surface area contributed by atoms with Crippen LogP contribution in [0.5, 0.6) is 0 Å². The van der Waals surface area contributed by atoms with Gasteiger partial charge < -0.3 is 10.6 Å². The predicted molar refractivity (Wildman–Crippen MR) is 75.6 cm³/mol. The molecule has 0 aliphatic carbocycles. The van der Waals surface area contributed by atoms with E-state index in [9.17, 15) is 13.2 Å². The molecule has 2 unspecified atom stereocenters. The van der Waals surface area contributed by atoms with Crippen LogP contribution in [0.4, 0.5) is 0 Å². The van der Waals surface area contributed by atoms with Crippen LogP contribution >= 0.6 is 11.8 Å². The Balaban J connectivity index is 2.27. The minimum atomic E-state index is -2.96. The van der Waals surface area contributed by atoms with Gasteiger partial charge in [-0.15, -0.1) is 0 Å². The molecule has 0 aromatic rings. The van der Waals surface area contributed by atoms with E-state index in [0.29, 0.717) is 19.0 Å². The quantitative estimate of drug-likeness (QED) is 0.714. The van der Waals surface area contributed by atoms with Crippen LogP contribution in [0.1, 0.15) is 13.3 Å². The van der Waals surface area contributed by atoms with Crippen molar-refractivity contribution >= 4 is 27.5 Å². The fraction of sp³-hybridized carbons (Fsp3) is 0.909. The van der Waals surface area contributed by atoms with Crippen LogP contribution in [0, 0.1) is 5.92 Å². The van der Waals surface area contributed by atoms with Gasteiger partial charge in [0.15, 0.2) is 9.84 Å². The molecule has 5 nitrogen and oxygen atoms in total. The molecule has 1 amide bonds. The van der Waals surface area contributed by atoms with E-state index in [0.717, 1.165) is 5.75 Å². The number of nitrogens with one attached hydrogen (secondary N) is 2. The molecule has 0 radical (unpaired) electrons. The highest BCUT2D eigenvalue weighted by Crippen LogP contribution is 2.06. The summed E-state index contributed by atoms with van der Waals surface area (Å²) in [5, 5.41) is 5.93. The second-order valence-electron chi connectivity index (χ2n) is 4.83. The van der Waals surface area contributed by atoms with E-state index in [2.05, 4.69) is 17.6 Å². The van der Waals surface area contributed by atoms with E-state index in [4.69, 9.17) is 0 Å². The van der Waals surface area contributed by atoms with Gasteiger partial charge in [0.1, 0.15) is 0 Å². The lowest BCUT2D eigenvalue weighted by molar-refractivity contribution is -0.121. The summed E-state index contributed by atoms with van der Waals surface area (Å²) in [6.07, 6.45) is 2.28. The molecule has 0 saturated carbocycles. The van der Waals surface area contributed by atoms with E-state index in [1.165, 1.54) is 0 Å². The van der Waals surface area contributed by atoms with Crippen LogP contribution in [0.2, 0.25) is 0 Å². The highest BCUT2D eigenvalue weighted by molar-refractivity contribution is 7.98. The fourth-order valence-corrected chi connectivity index (χ4v) is 4.06. The maximum atomic E-state index is 11.7. The van der Waals surface area contributed by atoms with Gasteiger partial charge in [-0.2, -0.15) is 11.8 Å². The van der Waals surface area contributed by atoms with Crippen LogP contribution in [0.3, 0.4) is 0 Å². The van der Waals surface area contributed by atoms with Crippen molar-refractivity contribution in [2.75, 3.05) is 36.6 Å². The lowest BCUT2D eigenvalue weighted by Gasteiger charge is -2.23. The Morgan fingerprint density at radius 1 is 1.56 bits per heavy atom. The van der Waals surface area contributed by atoms with Gasteiger partial charge in [0.2, 0.25) is 5.91 Å². The molecule has 0 bridgehead atoms. The van der Waals surface area contributed by atoms with Gasteiger partial charge in [-0.25, -0.2) is 8.42 Å². The summed E-state index contributed by atoms with van der Waals surface area (Å²) in [5.41, 5.74) is 0. The zero-order chi connectivity index (χ0) is 13.6. The Morgan fingerprint density at radius 3 is 2.89 bits per heavy atom. The summed E-state index contributed by atoms with van der Waals surface area (Å²) in [6, 6.07) is -0.236. The Labute approximate surface area is 113 Å². The first kappa shape index (κ1) is 15.8. The molecule has 1 aliphatic heterocycles. The highest BCUT2D eigenvalue weighted by atomic mass is 32.2. The smallest absolute Gasteiger partial charge is 0.221 e. The van der Waals surface area contributed by atoms with Gasteiger partial charge in [-0.05, 0) is 17.9 Å². The summed E-state index contributed by atoms with van der Waals surface area (Å²) in [4.78, 5) is 11.7. The van der Waals surface area contributed by atoms with Crippen molar-refractivity contribution in [3.63, 3.8) is 0 Å². The van der Waals surface area contributed by atoms with Crippen molar-refractivity contribution in [1.29, 1.82) is 0 Å². The maximum absolute atomic E-state index is 11.7. The van der Waals surface area contributed by atoms with Crippen LogP contribution in [0.15, 0.2) is 0 Å². The summed E-state index contributed by atoms with van der Waals surface area (Å²) in [5.74, 6) is 1.62. The maximum Gasteiger partial charge on any atom is 0.221 e. The van der Waals surface area contributed by atoms with Crippen LogP contribution in [0.25, 0.3) is 0 Å². The van der Waals surface area contributed by atoms with E-state index in [-0.39, 0.29) is 29.9 Å². The molecule has 1 fully saturated rings. The first-order valence-corrected chi connectivity index (χ1v) is 9.34. The van der Waals surface area contributed by atoms with Crippen molar-refractivity contribution < 1.29 is 13.2 Å². The van der Waals surface area contributed by atoms with Gasteiger partial charge in [0.05, 0.1) is 11.5 Å². The third-order valence-corrected chi connectivity index (χ3v) is 5.47. The molecule has 1 heterocycles. The van der Waals surface area contributed by atoms with Gasteiger partial charge in [-0.3, -0.25) is 4.79 Å². The van der Waals surface area contributed by atoms with E-state index in [1.54, 1.807) is 11.8 Å². The van der Waals surface area contributed by atoms with E-state index >= 15 is 0 Å². The molecule has 0 aromatic heterocycles. The molecule has 106 valence electrons. The Bertz CT molecular complexity index is 370. The molecule has 1 saturated heterocycles. The third kappa shape index (κ3) is 6.06. The fourth-order valence-electron chi connectivity index (χ4n) is 1.93. The Kier molecular flexibility index (Phi) is 6.45. The minimum Gasteiger partial charge on any atom is -0.356 e. The molecular formula is C11H22N2O3S2. The lowest BCUT2D eigenvalue weighted by Crippen LogP contribution is -2.47. The average Bonchev–Trinajstić information content (AvgIpc) is 2.25. The second kappa shape index (κ2) is 7.35. The number of hydrogen-bond donors (Lipinski definition) is 2. The highest BCUT2D eigenvalue weighted by Gasteiger charge is 2.25. The van der Waals surface area contributed by atoms with Crippen molar-refractivity contribution in [1.82, 2.24) is 10.6 Å². The predicted octanol–water partition coefficient (Wildman–Crippen LogP) is -0.122.